The van der Waals surface area contributed by atoms with Crippen LogP contribution in [0.25, 0.3) is 0 Å². The van der Waals surface area contributed by atoms with Crippen LogP contribution < -0.4 is 11.3 Å². The van der Waals surface area contributed by atoms with E-state index >= 15 is 0 Å². The van der Waals surface area contributed by atoms with Crippen LogP contribution in [0, 0.1) is 12.7 Å². The zero-order chi connectivity index (χ0) is 15.2. The number of hydrazine groups is 1. The Morgan fingerprint density at radius 2 is 2.05 bits per heavy atom. The van der Waals surface area contributed by atoms with Crippen LogP contribution in [0.4, 0.5) is 4.39 Å². The fourth-order valence-electron chi connectivity index (χ4n) is 2.41. The lowest BCUT2D eigenvalue weighted by molar-refractivity contribution is 0.490. The Kier molecular flexibility index (Phi) is 5.91. The van der Waals surface area contributed by atoms with Gasteiger partial charge in [-0.05, 0) is 49.4 Å². The van der Waals surface area contributed by atoms with Crippen molar-refractivity contribution >= 4 is 15.9 Å². The van der Waals surface area contributed by atoms with Gasteiger partial charge in [-0.15, -0.1) is 0 Å². The first-order valence-electron chi connectivity index (χ1n) is 7.04. The van der Waals surface area contributed by atoms with Crippen molar-refractivity contribution in [3.8, 4) is 0 Å². The number of hydrogen-bond acceptors (Lipinski definition) is 2. The number of hydrogen-bond donors (Lipinski definition) is 2. The van der Waals surface area contributed by atoms with E-state index in [2.05, 4.69) is 52.5 Å². The van der Waals surface area contributed by atoms with Gasteiger partial charge >= 0.3 is 0 Å². The molecule has 0 aromatic heterocycles. The van der Waals surface area contributed by atoms with Gasteiger partial charge in [0.25, 0.3) is 0 Å². The minimum atomic E-state index is -0.234. The lowest BCUT2D eigenvalue weighted by atomic mass is 9.99. The van der Waals surface area contributed by atoms with E-state index in [1.54, 1.807) is 6.07 Å². The maximum Gasteiger partial charge on any atom is 0.124 e. The Labute approximate surface area is 133 Å². The molecule has 4 heteroatoms. The predicted octanol–water partition coefficient (Wildman–Crippen LogP) is 3.90. The van der Waals surface area contributed by atoms with Crippen LogP contribution in [0.5, 0.6) is 0 Å². The van der Waals surface area contributed by atoms with E-state index in [0.29, 0.717) is 0 Å². The van der Waals surface area contributed by atoms with Gasteiger partial charge in [-0.1, -0.05) is 51.8 Å². The molecular weight excluding hydrogens is 331 g/mol. The van der Waals surface area contributed by atoms with Gasteiger partial charge < -0.3 is 0 Å². The summed E-state index contributed by atoms with van der Waals surface area (Å²) >= 11 is 3.40. The van der Waals surface area contributed by atoms with Gasteiger partial charge in [-0.25, -0.2) is 4.39 Å². The molecule has 0 bridgehead atoms. The average molecular weight is 351 g/mol. The number of rotatable bonds is 6. The minimum absolute atomic E-state index is 0.160. The summed E-state index contributed by atoms with van der Waals surface area (Å²) in [6.07, 6.45) is 2.67. The molecule has 0 radical (unpaired) electrons. The van der Waals surface area contributed by atoms with Gasteiger partial charge in [0, 0.05) is 10.5 Å². The molecule has 1 atom stereocenters. The second kappa shape index (κ2) is 7.69. The number of benzene rings is 2. The van der Waals surface area contributed by atoms with Gasteiger partial charge in [0.15, 0.2) is 0 Å². The van der Waals surface area contributed by atoms with Crippen molar-refractivity contribution in [3.05, 3.63) is 69.4 Å². The number of aryl methyl sites for hydroxylation is 2. The molecule has 0 spiro atoms. The molecule has 0 saturated heterocycles. The summed E-state index contributed by atoms with van der Waals surface area (Å²) in [4.78, 5) is 0. The van der Waals surface area contributed by atoms with E-state index in [1.165, 1.54) is 23.3 Å². The Morgan fingerprint density at radius 1 is 1.24 bits per heavy atom. The number of nitrogens with two attached hydrogens (primary N) is 1. The topological polar surface area (TPSA) is 38.0 Å². The van der Waals surface area contributed by atoms with Crippen molar-refractivity contribution in [1.29, 1.82) is 0 Å². The van der Waals surface area contributed by atoms with Crippen LogP contribution in [0.1, 0.15) is 23.1 Å². The Hall–Kier alpha value is -1.23. The molecule has 3 N–H and O–H groups in total. The largest absolute Gasteiger partial charge is 0.271 e. The third-order valence-corrected chi connectivity index (χ3v) is 4.32. The first-order chi connectivity index (χ1) is 10.1. The van der Waals surface area contributed by atoms with Crippen LogP contribution in [-0.4, -0.2) is 6.04 Å². The molecule has 2 aromatic carbocycles. The maximum absolute atomic E-state index is 13.1. The van der Waals surface area contributed by atoms with Crippen LogP contribution in [0.3, 0.4) is 0 Å². The maximum atomic E-state index is 13.1. The highest BCUT2D eigenvalue weighted by atomic mass is 79.9. The predicted molar refractivity (Wildman–Crippen MR) is 88.4 cm³/mol. The van der Waals surface area contributed by atoms with Crippen molar-refractivity contribution < 1.29 is 4.39 Å². The van der Waals surface area contributed by atoms with E-state index in [0.717, 1.165) is 29.3 Å². The van der Waals surface area contributed by atoms with Crippen molar-refractivity contribution in [2.45, 2.75) is 32.2 Å². The van der Waals surface area contributed by atoms with Gasteiger partial charge in [0.2, 0.25) is 0 Å². The van der Waals surface area contributed by atoms with Gasteiger partial charge in [0.05, 0.1) is 0 Å². The minimum Gasteiger partial charge on any atom is -0.271 e. The molecular formula is C17H20BrFN2. The van der Waals surface area contributed by atoms with Crippen molar-refractivity contribution in [3.63, 3.8) is 0 Å². The van der Waals surface area contributed by atoms with E-state index in [9.17, 15) is 4.39 Å². The van der Waals surface area contributed by atoms with Gasteiger partial charge in [0.1, 0.15) is 5.82 Å². The van der Waals surface area contributed by atoms with Gasteiger partial charge in [-0.3, -0.25) is 11.3 Å². The molecule has 2 nitrogen and oxygen atoms in total. The molecule has 0 aliphatic heterocycles. The summed E-state index contributed by atoms with van der Waals surface area (Å²) in [6.45, 7) is 2.10. The summed E-state index contributed by atoms with van der Waals surface area (Å²) in [7, 11) is 0. The SMILES string of the molecule is Cc1cccc(CCC(Cc2ccc(F)cc2Br)NN)c1. The summed E-state index contributed by atoms with van der Waals surface area (Å²) in [5.74, 6) is 5.42. The fraction of sp³-hybridized carbons (Fsp3) is 0.294. The number of nitrogens with one attached hydrogen (secondary N) is 1. The zero-order valence-corrected chi connectivity index (χ0v) is 13.7. The zero-order valence-electron chi connectivity index (χ0n) is 12.1. The molecule has 0 aliphatic rings. The van der Waals surface area contributed by atoms with Crippen LogP contribution in [0.15, 0.2) is 46.9 Å². The third-order valence-electron chi connectivity index (χ3n) is 3.58. The highest BCUT2D eigenvalue weighted by Gasteiger charge is 2.11. The van der Waals surface area contributed by atoms with Crippen LogP contribution >= 0.6 is 15.9 Å². The van der Waals surface area contributed by atoms with E-state index < -0.39 is 0 Å². The summed E-state index contributed by atoms with van der Waals surface area (Å²) in [5, 5.41) is 0. The molecule has 0 amide bonds. The summed E-state index contributed by atoms with van der Waals surface area (Å²) in [5.41, 5.74) is 6.50. The van der Waals surface area contributed by atoms with Crippen LogP contribution in [-0.2, 0) is 12.8 Å². The van der Waals surface area contributed by atoms with Gasteiger partial charge in [-0.2, -0.15) is 0 Å². The standard InChI is InChI=1S/C17H20BrFN2/c1-12-3-2-4-13(9-12)5-8-16(21-20)10-14-6-7-15(19)11-17(14)18/h2-4,6-7,9,11,16,21H,5,8,10,20H2,1H3. The van der Waals surface area contributed by atoms with Crippen molar-refractivity contribution in [2.75, 3.05) is 0 Å². The second-order valence-corrected chi connectivity index (χ2v) is 6.19. The Balaban J connectivity index is 1.97. The Morgan fingerprint density at radius 3 is 2.71 bits per heavy atom. The third kappa shape index (κ3) is 4.92. The molecule has 1 unspecified atom stereocenters. The van der Waals surface area contributed by atoms with Crippen molar-refractivity contribution in [1.82, 2.24) is 5.43 Å². The molecule has 21 heavy (non-hydrogen) atoms. The summed E-state index contributed by atoms with van der Waals surface area (Å²) < 4.78 is 13.9. The van der Waals surface area contributed by atoms with E-state index in [1.807, 2.05) is 0 Å². The quantitative estimate of drug-likeness (QED) is 0.612. The highest BCUT2D eigenvalue weighted by Crippen LogP contribution is 2.20. The first kappa shape index (κ1) is 16.1. The number of halogens is 2. The van der Waals surface area contributed by atoms with Crippen molar-refractivity contribution in [2.24, 2.45) is 5.84 Å². The monoisotopic (exact) mass is 350 g/mol. The van der Waals surface area contributed by atoms with Crippen LogP contribution in [0.2, 0.25) is 0 Å². The molecule has 2 aromatic rings. The smallest absolute Gasteiger partial charge is 0.124 e. The van der Waals surface area contributed by atoms with E-state index in [4.69, 9.17) is 5.84 Å². The molecule has 0 saturated carbocycles. The molecule has 112 valence electrons. The molecule has 0 fully saturated rings. The average Bonchev–Trinajstić information content (AvgIpc) is 2.45. The molecule has 2 rings (SSSR count). The molecule has 0 aliphatic carbocycles. The highest BCUT2D eigenvalue weighted by molar-refractivity contribution is 9.10. The van der Waals surface area contributed by atoms with E-state index in [-0.39, 0.29) is 11.9 Å². The fourth-order valence-corrected chi connectivity index (χ4v) is 2.92. The summed E-state index contributed by atoms with van der Waals surface area (Å²) in [6, 6.07) is 13.4. The lowest BCUT2D eigenvalue weighted by Gasteiger charge is -2.17. The first-order valence-corrected chi connectivity index (χ1v) is 7.83. The normalized spacial score (nSPS) is 12.4. The second-order valence-electron chi connectivity index (χ2n) is 5.33. The lowest BCUT2D eigenvalue weighted by Crippen LogP contribution is -2.37. The molecule has 0 heterocycles. The Bertz CT molecular complexity index is 601.